The average molecular weight is 813 g/mol. The Morgan fingerprint density at radius 2 is 1.65 bits per heavy atom. The number of hydrogen-bond donors (Lipinski definition) is 7. The molecule has 10 nitrogen and oxygen atoms in total. The SMILES string of the molecule is CNCc1cc(O)cc([C@@](CO)(Cc2ccc(O)c(OC3CCCC3)c2)C(=O)C[C@@H](O)[C@H](Cc2cc[nH]c2)Cc2ccc(O)c(OC)c2Cc2cccc3ccccc23)c1. The molecule has 0 amide bonds. The molecule has 1 saturated carbocycles. The second-order valence-corrected chi connectivity index (χ2v) is 16.3. The monoisotopic (exact) mass is 812 g/mol. The largest absolute Gasteiger partial charge is 0.508 e. The number of nitrogens with one attached hydrogen (secondary N) is 2. The number of H-pyrrole nitrogens is 1. The number of aromatic hydroxyl groups is 3. The second-order valence-electron chi connectivity index (χ2n) is 16.3. The third kappa shape index (κ3) is 9.47. The lowest BCUT2D eigenvalue weighted by Gasteiger charge is -2.34. The molecule has 7 rings (SSSR count). The summed E-state index contributed by atoms with van der Waals surface area (Å²) in [4.78, 5) is 18.2. The van der Waals surface area contributed by atoms with Crippen LogP contribution in [0.15, 0.2) is 109 Å². The lowest BCUT2D eigenvalue weighted by molar-refractivity contribution is -0.129. The quantitative estimate of drug-likeness (QED) is 0.0432. The molecule has 7 N–H and O–H groups in total. The fourth-order valence-electron chi connectivity index (χ4n) is 9.02. The minimum absolute atomic E-state index is 0.00561. The number of benzene rings is 5. The summed E-state index contributed by atoms with van der Waals surface area (Å²) >= 11 is 0. The van der Waals surface area contributed by atoms with Crippen molar-refractivity contribution in [3.63, 3.8) is 0 Å². The zero-order valence-corrected chi connectivity index (χ0v) is 34.4. The van der Waals surface area contributed by atoms with Crippen LogP contribution >= 0.6 is 0 Å². The van der Waals surface area contributed by atoms with Gasteiger partial charge in [0, 0.05) is 37.3 Å². The number of carbonyl (C=O) groups excluding carboxylic acids is 1. The van der Waals surface area contributed by atoms with Gasteiger partial charge in [0.05, 0.1) is 31.3 Å². The molecule has 0 unspecified atom stereocenters. The molecule has 0 saturated heterocycles. The van der Waals surface area contributed by atoms with E-state index in [0.717, 1.165) is 64.3 Å². The molecule has 1 fully saturated rings. The van der Waals surface area contributed by atoms with Gasteiger partial charge in [0.1, 0.15) is 11.5 Å². The molecule has 0 bridgehead atoms. The molecule has 0 radical (unpaired) electrons. The molecule has 10 heteroatoms. The van der Waals surface area contributed by atoms with Gasteiger partial charge in [-0.2, -0.15) is 0 Å². The van der Waals surface area contributed by atoms with Crippen molar-refractivity contribution in [2.45, 2.75) is 82.0 Å². The van der Waals surface area contributed by atoms with E-state index in [0.29, 0.717) is 48.4 Å². The van der Waals surface area contributed by atoms with Crippen molar-refractivity contribution in [3.8, 4) is 28.7 Å². The lowest BCUT2D eigenvalue weighted by atomic mass is 9.70. The van der Waals surface area contributed by atoms with Crippen LogP contribution in [0.1, 0.15) is 71.0 Å². The summed E-state index contributed by atoms with van der Waals surface area (Å²) in [6.45, 7) is -0.193. The fourth-order valence-corrected chi connectivity index (χ4v) is 9.02. The number of hydrogen-bond acceptors (Lipinski definition) is 9. The Bertz CT molecular complexity index is 2380. The van der Waals surface area contributed by atoms with Gasteiger partial charge in [-0.1, -0.05) is 60.7 Å². The van der Waals surface area contributed by atoms with E-state index < -0.39 is 29.8 Å². The molecular weight excluding hydrogens is 757 g/mol. The van der Waals surface area contributed by atoms with Crippen molar-refractivity contribution >= 4 is 16.6 Å². The van der Waals surface area contributed by atoms with Crippen LogP contribution in [0.3, 0.4) is 0 Å². The van der Waals surface area contributed by atoms with Crippen molar-refractivity contribution in [2.75, 3.05) is 20.8 Å². The number of carbonyl (C=O) groups is 1. The molecule has 1 aromatic heterocycles. The molecule has 0 spiro atoms. The maximum absolute atomic E-state index is 15.1. The standard InChI is InChI=1S/C50H56N2O8/c1-51-29-34-21-39(26-40(54)22-34)50(31-53,28-32-14-16-44(55)47(23-32)60-41-11-4-5-12-41)48(58)27-46(57)38(20-33-18-19-52-30-33)24-37-15-17-45(56)49(59-2)43(37)25-36-10-7-9-35-8-3-6-13-42(35)36/h3,6-10,13-19,21-23,26,30,38,41,46,51-57H,4-5,11-12,20,24-25,27-29,31H2,1-2H3/t38-,46-,50+/m1/s1. The normalized spacial score (nSPS) is 15.1. The number of aromatic amines is 1. The van der Waals surface area contributed by atoms with Crippen LogP contribution < -0.4 is 14.8 Å². The van der Waals surface area contributed by atoms with Gasteiger partial charge < -0.3 is 45.3 Å². The van der Waals surface area contributed by atoms with E-state index in [9.17, 15) is 25.5 Å². The summed E-state index contributed by atoms with van der Waals surface area (Å²) in [5, 5.41) is 61.8. The Labute approximate surface area is 351 Å². The van der Waals surface area contributed by atoms with Crippen LogP contribution in [-0.4, -0.2) is 69.3 Å². The first-order valence-electron chi connectivity index (χ1n) is 20.9. The van der Waals surface area contributed by atoms with Crippen molar-refractivity contribution in [1.29, 1.82) is 0 Å². The molecule has 1 heterocycles. The van der Waals surface area contributed by atoms with Gasteiger partial charge in [-0.05, 0) is 138 Å². The number of fused-ring (bicyclic) bond motifs is 1. The van der Waals surface area contributed by atoms with Crippen LogP contribution in [0, 0.1) is 5.92 Å². The lowest BCUT2D eigenvalue weighted by Crippen LogP contribution is -2.44. The average Bonchev–Trinajstić information content (AvgIpc) is 3.97. The molecule has 3 atom stereocenters. The molecule has 0 aliphatic heterocycles. The zero-order chi connectivity index (χ0) is 42.2. The topological polar surface area (TPSA) is 164 Å². The van der Waals surface area contributed by atoms with Crippen LogP contribution in [0.5, 0.6) is 28.7 Å². The Balaban J connectivity index is 1.25. The number of Topliss-reactive ketones (excluding diaryl/α,β-unsaturated/α-hetero) is 1. The molecule has 1 aliphatic carbocycles. The summed E-state index contributed by atoms with van der Waals surface area (Å²) in [5.41, 5.74) is 3.86. The van der Waals surface area contributed by atoms with Gasteiger partial charge in [0.2, 0.25) is 0 Å². The summed E-state index contributed by atoms with van der Waals surface area (Å²) in [6.07, 6.45) is 7.36. The number of rotatable bonds is 19. The number of aromatic nitrogens is 1. The minimum atomic E-state index is -1.58. The third-order valence-electron chi connectivity index (χ3n) is 12.2. The van der Waals surface area contributed by atoms with E-state index in [1.807, 2.05) is 48.8 Å². The highest BCUT2D eigenvalue weighted by Crippen LogP contribution is 2.40. The summed E-state index contributed by atoms with van der Waals surface area (Å²) in [6, 6.07) is 29.6. The predicted molar refractivity (Wildman–Crippen MR) is 233 cm³/mol. The maximum atomic E-state index is 15.1. The van der Waals surface area contributed by atoms with Crippen LogP contribution in [0.25, 0.3) is 10.8 Å². The molecular formula is C50H56N2O8. The number of methoxy groups -OCH3 is 1. The Morgan fingerprint density at radius 1 is 0.867 bits per heavy atom. The first-order valence-corrected chi connectivity index (χ1v) is 20.9. The van der Waals surface area contributed by atoms with Crippen LogP contribution in [0.4, 0.5) is 0 Å². The third-order valence-corrected chi connectivity index (χ3v) is 12.2. The first-order chi connectivity index (χ1) is 29.1. The summed E-state index contributed by atoms with van der Waals surface area (Å²) < 4.78 is 12.0. The number of ether oxygens (including phenoxy) is 2. The predicted octanol–water partition coefficient (Wildman–Crippen LogP) is 7.82. The molecule has 60 heavy (non-hydrogen) atoms. The van der Waals surface area contributed by atoms with E-state index in [4.69, 9.17) is 9.47 Å². The van der Waals surface area contributed by atoms with Crippen LogP contribution in [-0.2, 0) is 42.4 Å². The van der Waals surface area contributed by atoms with Crippen molar-refractivity contribution in [1.82, 2.24) is 10.3 Å². The van der Waals surface area contributed by atoms with Crippen molar-refractivity contribution in [3.05, 3.63) is 148 Å². The van der Waals surface area contributed by atoms with Gasteiger partial charge in [-0.3, -0.25) is 4.79 Å². The number of aliphatic hydroxyl groups is 2. The van der Waals surface area contributed by atoms with Crippen molar-refractivity contribution in [2.24, 2.45) is 5.92 Å². The van der Waals surface area contributed by atoms with Crippen LogP contribution in [0.2, 0.25) is 0 Å². The number of aliphatic hydroxyl groups excluding tert-OH is 2. The van der Waals surface area contributed by atoms with E-state index in [1.54, 1.807) is 37.4 Å². The van der Waals surface area contributed by atoms with Gasteiger partial charge in [-0.15, -0.1) is 0 Å². The fraction of sp³-hybridized carbons (Fsp3) is 0.340. The van der Waals surface area contributed by atoms with E-state index in [1.165, 1.54) is 13.2 Å². The number of phenols is 3. The Kier molecular flexibility index (Phi) is 13.4. The highest BCUT2D eigenvalue weighted by molar-refractivity contribution is 5.91. The van der Waals surface area contributed by atoms with Gasteiger partial charge in [0.15, 0.2) is 23.0 Å². The number of phenolic OH excluding ortho intramolecular Hbond substituents is 3. The van der Waals surface area contributed by atoms with Gasteiger partial charge >= 0.3 is 0 Å². The second kappa shape index (κ2) is 19.1. The molecule has 5 aromatic carbocycles. The summed E-state index contributed by atoms with van der Waals surface area (Å²) in [7, 11) is 3.32. The van der Waals surface area contributed by atoms with E-state index in [2.05, 4.69) is 34.6 Å². The Morgan fingerprint density at radius 3 is 2.40 bits per heavy atom. The molecule has 6 aromatic rings. The molecule has 1 aliphatic rings. The zero-order valence-electron chi connectivity index (χ0n) is 34.4. The van der Waals surface area contributed by atoms with E-state index >= 15 is 4.79 Å². The summed E-state index contributed by atoms with van der Waals surface area (Å²) in [5.74, 6) is -0.247. The van der Waals surface area contributed by atoms with Gasteiger partial charge in [0.25, 0.3) is 0 Å². The van der Waals surface area contributed by atoms with Gasteiger partial charge in [-0.25, -0.2) is 0 Å². The minimum Gasteiger partial charge on any atom is -0.508 e. The smallest absolute Gasteiger partial charge is 0.164 e. The Hall–Kier alpha value is -5.81. The number of ketones is 1. The van der Waals surface area contributed by atoms with E-state index in [-0.39, 0.29) is 36.2 Å². The molecule has 314 valence electrons. The highest BCUT2D eigenvalue weighted by Gasteiger charge is 2.42. The highest BCUT2D eigenvalue weighted by atomic mass is 16.5. The maximum Gasteiger partial charge on any atom is 0.164 e. The van der Waals surface area contributed by atoms with Crippen molar-refractivity contribution < 1.29 is 39.8 Å². The first kappa shape index (κ1) is 42.3.